The molecule has 1 fully saturated rings. The topological polar surface area (TPSA) is 51.5 Å². The first kappa shape index (κ1) is 14.1. The van der Waals surface area contributed by atoms with Crippen LogP contribution in [0.5, 0.6) is 0 Å². The minimum Gasteiger partial charge on any atom is -0.481 e. The van der Waals surface area contributed by atoms with E-state index in [9.17, 15) is 9.90 Å². The lowest BCUT2D eigenvalue weighted by atomic mass is 10.0. The van der Waals surface area contributed by atoms with Gasteiger partial charge in [-0.3, -0.25) is 4.79 Å². The number of para-hydroxylation sites is 1. The van der Waals surface area contributed by atoms with Gasteiger partial charge in [0, 0.05) is 36.9 Å². The molecule has 2 heterocycles. The van der Waals surface area contributed by atoms with Crippen molar-refractivity contribution in [3.8, 4) is 0 Å². The SMILES string of the molecule is CC(C(=O)O)c1cn(CC2CCOCC2)c2ccccc12. The van der Waals surface area contributed by atoms with Crippen LogP contribution in [0.1, 0.15) is 31.2 Å². The summed E-state index contributed by atoms with van der Waals surface area (Å²) in [6, 6.07) is 8.08. The zero-order valence-electron chi connectivity index (χ0n) is 12.3. The maximum absolute atomic E-state index is 11.3. The Labute approximate surface area is 124 Å². The zero-order valence-corrected chi connectivity index (χ0v) is 12.3. The molecule has 0 bridgehead atoms. The van der Waals surface area contributed by atoms with Crippen molar-refractivity contribution in [1.82, 2.24) is 4.57 Å². The second-order valence-electron chi connectivity index (χ2n) is 5.87. The molecule has 4 nitrogen and oxygen atoms in total. The van der Waals surface area contributed by atoms with Crippen LogP contribution in [0.3, 0.4) is 0 Å². The van der Waals surface area contributed by atoms with Gasteiger partial charge in [0.2, 0.25) is 0 Å². The number of benzene rings is 1. The van der Waals surface area contributed by atoms with Crippen LogP contribution in [0, 0.1) is 5.92 Å². The van der Waals surface area contributed by atoms with E-state index in [1.54, 1.807) is 6.92 Å². The second-order valence-corrected chi connectivity index (χ2v) is 5.87. The third-order valence-electron chi connectivity index (χ3n) is 4.45. The van der Waals surface area contributed by atoms with Crippen molar-refractivity contribution in [1.29, 1.82) is 0 Å². The van der Waals surface area contributed by atoms with E-state index in [-0.39, 0.29) is 0 Å². The van der Waals surface area contributed by atoms with Crippen molar-refractivity contribution in [2.24, 2.45) is 5.92 Å². The van der Waals surface area contributed by atoms with E-state index < -0.39 is 11.9 Å². The predicted octanol–water partition coefficient (Wildman–Crippen LogP) is 3.26. The summed E-state index contributed by atoms with van der Waals surface area (Å²) in [5.41, 5.74) is 2.04. The fraction of sp³-hybridized carbons (Fsp3) is 0.471. The number of carboxylic acid groups (broad SMARTS) is 1. The molecule has 0 spiro atoms. The van der Waals surface area contributed by atoms with E-state index in [0.717, 1.165) is 49.1 Å². The van der Waals surface area contributed by atoms with Gasteiger partial charge < -0.3 is 14.4 Å². The Bertz CT molecular complexity index is 641. The quantitative estimate of drug-likeness (QED) is 0.939. The Hall–Kier alpha value is -1.81. The van der Waals surface area contributed by atoms with Crippen molar-refractivity contribution in [2.45, 2.75) is 32.2 Å². The van der Waals surface area contributed by atoms with Crippen LogP contribution < -0.4 is 0 Å². The number of carboxylic acids is 1. The molecule has 1 aromatic heterocycles. The maximum atomic E-state index is 11.3. The average molecular weight is 287 g/mol. The van der Waals surface area contributed by atoms with E-state index in [1.165, 1.54) is 0 Å². The lowest BCUT2D eigenvalue weighted by molar-refractivity contribution is -0.138. The largest absolute Gasteiger partial charge is 0.481 e. The van der Waals surface area contributed by atoms with Crippen molar-refractivity contribution in [3.05, 3.63) is 36.0 Å². The first-order valence-electron chi connectivity index (χ1n) is 7.55. The summed E-state index contributed by atoms with van der Waals surface area (Å²) in [5, 5.41) is 10.4. The van der Waals surface area contributed by atoms with Crippen LogP contribution in [0.25, 0.3) is 10.9 Å². The molecule has 1 N–H and O–H groups in total. The van der Waals surface area contributed by atoms with Gasteiger partial charge in [0.05, 0.1) is 5.92 Å². The molecule has 112 valence electrons. The summed E-state index contributed by atoms with van der Waals surface area (Å²) in [7, 11) is 0. The minimum absolute atomic E-state index is 0.481. The van der Waals surface area contributed by atoms with Crippen LogP contribution in [0.4, 0.5) is 0 Å². The number of hydrogen-bond donors (Lipinski definition) is 1. The van der Waals surface area contributed by atoms with Crippen LogP contribution in [-0.4, -0.2) is 28.9 Å². The molecule has 4 heteroatoms. The van der Waals surface area contributed by atoms with Gasteiger partial charge in [0.1, 0.15) is 0 Å². The predicted molar refractivity (Wildman–Crippen MR) is 81.5 cm³/mol. The monoisotopic (exact) mass is 287 g/mol. The number of fused-ring (bicyclic) bond motifs is 1. The van der Waals surface area contributed by atoms with Crippen LogP contribution in [0.2, 0.25) is 0 Å². The van der Waals surface area contributed by atoms with Gasteiger partial charge in [0.15, 0.2) is 0 Å². The molecule has 2 aromatic rings. The molecule has 1 aliphatic heterocycles. The van der Waals surface area contributed by atoms with Gasteiger partial charge >= 0.3 is 5.97 Å². The van der Waals surface area contributed by atoms with Gasteiger partial charge in [-0.2, -0.15) is 0 Å². The van der Waals surface area contributed by atoms with Crippen LogP contribution in [-0.2, 0) is 16.1 Å². The van der Waals surface area contributed by atoms with Gasteiger partial charge in [-0.05, 0) is 37.3 Å². The van der Waals surface area contributed by atoms with Gasteiger partial charge in [0.25, 0.3) is 0 Å². The number of rotatable bonds is 4. The second kappa shape index (κ2) is 5.90. The summed E-state index contributed by atoms with van der Waals surface area (Å²) in [6.45, 7) is 4.36. The molecule has 0 radical (unpaired) electrons. The summed E-state index contributed by atoms with van der Waals surface area (Å²) in [5.74, 6) is -0.641. The first-order chi connectivity index (χ1) is 10.2. The fourth-order valence-corrected chi connectivity index (χ4v) is 3.11. The molecule has 0 aliphatic carbocycles. The Morgan fingerprint density at radius 2 is 2.10 bits per heavy atom. The van der Waals surface area contributed by atoms with Gasteiger partial charge in [-0.15, -0.1) is 0 Å². The number of aliphatic carboxylic acids is 1. The van der Waals surface area contributed by atoms with Crippen molar-refractivity contribution in [2.75, 3.05) is 13.2 Å². The normalized spacial score (nSPS) is 18.0. The van der Waals surface area contributed by atoms with Crippen molar-refractivity contribution < 1.29 is 14.6 Å². The molecule has 1 saturated heterocycles. The highest BCUT2D eigenvalue weighted by atomic mass is 16.5. The molecule has 1 aromatic carbocycles. The van der Waals surface area contributed by atoms with E-state index in [4.69, 9.17) is 4.74 Å². The van der Waals surface area contributed by atoms with E-state index in [2.05, 4.69) is 10.6 Å². The molecular weight excluding hydrogens is 266 g/mol. The molecule has 0 amide bonds. The third-order valence-corrected chi connectivity index (χ3v) is 4.45. The van der Waals surface area contributed by atoms with Crippen molar-refractivity contribution in [3.63, 3.8) is 0 Å². The zero-order chi connectivity index (χ0) is 14.8. The average Bonchev–Trinajstić information content (AvgIpc) is 2.86. The molecule has 21 heavy (non-hydrogen) atoms. The number of ether oxygens (including phenoxy) is 1. The third kappa shape index (κ3) is 2.81. The molecule has 3 rings (SSSR count). The first-order valence-corrected chi connectivity index (χ1v) is 7.55. The van der Waals surface area contributed by atoms with Crippen molar-refractivity contribution >= 4 is 16.9 Å². The van der Waals surface area contributed by atoms with Gasteiger partial charge in [-0.25, -0.2) is 0 Å². The minimum atomic E-state index is -0.774. The summed E-state index contributed by atoms with van der Waals surface area (Å²) in [4.78, 5) is 11.3. The number of hydrogen-bond acceptors (Lipinski definition) is 2. The lowest BCUT2D eigenvalue weighted by Crippen LogP contribution is -2.20. The lowest BCUT2D eigenvalue weighted by Gasteiger charge is -2.22. The number of nitrogens with zero attached hydrogens (tertiary/aromatic N) is 1. The molecule has 1 aliphatic rings. The molecule has 0 saturated carbocycles. The smallest absolute Gasteiger partial charge is 0.310 e. The molecule has 1 unspecified atom stereocenters. The number of carbonyl (C=O) groups is 1. The number of aromatic nitrogens is 1. The Morgan fingerprint density at radius 3 is 2.81 bits per heavy atom. The Balaban J connectivity index is 1.96. The summed E-state index contributed by atoms with van der Waals surface area (Å²) in [6.07, 6.45) is 4.19. The van der Waals surface area contributed by atoms with Crippen LogP contribution in [0.15, 0.2) is 30.5 Å². The van der Waals surface area contributed by atoms with E-state index >= 15 is 0 Å². The highest BCUT2D eigenvalue weighted by molar-refractivity contribution is 5.89. The summed E-state index contributed by atoms with van der Waals surface area (Å²) < 4.78 is 7.64. The standard InChI is InChI=1S/C17H21NO3/c1-12(17(19)20)15-11-18(10-13-6-8-21-9-7-13)16-5-3-2-4-14(15)16/h2-5,11-13H,6-10H2,1H3,(H,19,20). The highest BCUT2D eigenvalue weighted by Crippen LogP contribution is 2.29. The Morgan fingerprint density at radius 1 is 1.38 bits per heavy atom. The molecular formula is C17H21NO3. The van der Waals surface area contributed by atoms with E-state index in [1.807, 2.05) is 24.4 Å². The highest BCUT2D eigenvalue weighted by Gasteiger charge is 2.21. The van der Waals surface area contributed by atoms with Gasteiger partial charge in [-0.1, -0.05) is 18.2 Å². The maximum Gasteiger partial charge on any atom is 0.310 e. The summed E-state index contributed by atoms with van der Waals surface area (Å²) >= 11 is 0. The van der Waals surface area contributed by atoms with E-state index in [0.29, 0.717) is 5.92 Å². The molecule has 1 atom stereocenters. The van der Waals surface area contributed by atoms with Crippen LogP contribution >= 0.6 is 0 Å². The fourth-order valence-electron chi connectivity index (χ4n) is 3.11. The Kier molecular flexibility index (Phi) is 3.97.